The van der Waals surface area contributed by atoms with Gasteiger partial charge < -0.3 is 5.73 Å². The second-order valence-electron chi connectivity index (χ2n) is 3.91. The molecule has 1 heterocycles. The van der Waals surface area contributed by atoms with Gasteiger partial charge in [-0.1, -0.05) is 35.7 Å². The summed E-state index contributed by atoms with van der Waals surface area (Å²) < 4.78 is 2.30. The average molecular weight is 299 g/mol. The Morgan fingerprint density at radius 2 is 2.31 bits per heavy atom. The van der Waals surface area contributed by atoms with Crippen LogP contribution < -0.4 is 5.73 Å². The van der Waals surface area contributed by atoms with Gasteiger partial charge in [0, 0.05) is 4.47 Å². The van der Waals surface area contributed by atoms with Crippen LogP contribution in [0, 0.1) is 0 Å². The van der Waals surface area contributed by atoms with E-state index in [-0.39, 0.29) is 6.04 Å². The lowest BCUT2D eigenvalue weighted by Crippen LogP contribution is -2.09. The van der Waals surface area contributed by atoms with Crippen molar-refractivity contribution in [2.75, 3.05) is 0 Å². The first kappa shape index (κ1) is 12.0. The Balaban J connectivity index is 2.25. The number of hydrogen-bond acceptors (Lipinski definition) is 3. The summed E-state index contributed by atoms with van der Waals surface area (Å²) in [5, 5.41) is 1.06. The second kappa shape index (κ2) is 5.25. The monoisotopic (exact) mass is 298 g/mol. The molecule has 1 aromatic carbocycles. The predicted octanol–water partition coefficient (Wildman–Crippen LogP) is 4.25. The Morgan fingerprint density at radius 1 is 1.50 bits per heavy atom. The summed E-state index contributed by atoms with van der Waals surface area (Å²) in [6.45, 7) is 2.18. The summed E-state index contributed by atoms with van der Waals surface area (Å²) in [7, 11) is 0. The lowest BCUT2D eigenvalue weighted by molar-refractivity contribution is 0.601. The standard InChI is InChI=1S/C12H15BrN2S/c1-2-3-4-9(14)12-15-10-6-5-8(13)7-11(10)16-12/h5-7,9H,2-4,14H2,1H3. The van der Waals surface area contributed by atoms with Crippen LogP contribution in [0.4, 0.5) is 0 Å². The normalized spacial score (nSPS) is 13.2. The fourth-order valence-electron chi connectivity index (χ4n) is 1.62. The number of unbranched alkanes of at least 4 members (excludes halogenated alkanes) is 1. The van der Waals surface area contributed by atoms with E-state index in [4.69, 9.17) is 5.73 Å². The Kier molecular flexibility index (Phi) is 3.95. The van der Waals surface area contributed by atoms with Crippen molar-refractivity contribution in [3.63, 3.8) is 0 Å². The minimum atomic E-state index is 0.0936. The summed E-state index contributed by atoms with van der Waals surface area (Å²) in [4.78, 5) is 4.58. The lowest BCUT2D eigenvalue weighted by Gasteiger charge is -2.05. The largest absolute Gasteiger partial charge is 0.322 e. The molecule has 86 valence electrons. The van der Waals surface area contributed by atoms with Crippen molar-refractivity contribution in [1.29, 1.82) is 0 Å². The van der Waals surface area contributed by atoms with Crippen molar-refractivity contribution in [3.05, 3.63) is 27.7 Å². The van der Waals surface area contributed by atoms with Gasteiger partial charge >= 0.3 is 0 Å². The SMILES string of the molecule is CCCCC(N)c1nc2ccc(Br)cc2s1. The summed E-state index contributed by atoms with van der Waals surface area (Å²) in [6.07, 6.45) is 3.38. The number of thiazole rings is 1. The number of nitrogens with two attached hydrogens (primary N) is 1. The molecule has 0 aliphatic heterocycles. The molecule has 4 heteroatoms. The van der Waals surface area contributed by atoms with Gasteiger partial charge in [0.05, 0.1) is 16.3 Å². The van der Waals surface area contributed by atoms with Gasteiger partial charge in [-0.3, -0.25) is 0 Å². The van der Waals surface area contributed by atoms with Crippen molar-refractivity contribution >= 4 is 37.5 Å². The number of fused-ring (bicyclic) bond motifs is 1. The molecule has 1 unspecified atom stereocenters. The molecular formula is C12H15BrN2S. The van der Waals surface area contributed by atoms with Crippen molar-refractivity contribution in [3.8, 4) is 0 Å². The zero-order valence-electron chi connectivity index (χ0n) is 9.24. The van der Waals surface area contributed by atoms with Crippen LogP contribution in [0.3, 0.4) is 0 Å². The van der Waals surface area contributed by atoms with E-state index >= 15 is 0 Å². The van der Waals surface area contributed by atoms with E-state index in [2.05, 4.69) is 33.9 Å². The van der Waals surface area contributed by atoms with Crippen LogP contribution in [0.2, 0.25) is 0 Å². The minimum Gasteiger partial charge on any atom is -0.322 e. The highest BCUT2D eigenvalue weighted by Crippen LogP contribution is 2.29. The van der Waals surface area contributed by atoms with E-state index in [1.165, 1.54) is 17.5 Å². The first-order valence-electron chi connectivity index (χ1n) is 5.52. The maximum absolute atomic E-state index is 6.12. The van der Waals surface area contributed by atoms with Crippen molar-refractivity contribution in [2.24, 2.45) is 5.73 Å². The van der Waals surface area contributed by atoms with Crippen LogP contribution in [0.25, 0.3) is 10.2 Å². The molecule has 2 N–H and O–H groups in total. The molecule has 0 radical (unpaired) electrons. The topological polar surface area (TPSA) is 38.9 Å². The van der Waals surface area contributed by atoms with Gasteiger partial charge in [-0.2, -0.15) is 0 Å². The van der Waals surface area contributed by atoms with Gasteiger partial charge in [0.25, 0.3) is 0 Å². The van der Waals surface area contributed by atoms with Crippen LogP contribution in [-0.2, 0) is 0 Å². The van der Waals surface area contributed by atoms with Crippen LogP contribution in [0.5, 0.6) is 0 Å². The summed E-state index contributed by atoms with van der Waals surface area (Å²) in [5.41, 5.74) is 7.17. The zero-order valence-corrected chi connectivity index (χ0v) is 11.6. The Labute approximate surface area is 108 Å². The van der Waals surface area contributed by atoms with Crippen LogP contribution >= 0.6 is 27.3 Å². The van der Waals surface area contributed by atoms with Gasteiger partial charge in [-0.15, -0.1) is 11.3 Å². The highest BCUT2D eigenvalue weighted by atomic mass is 79.9. The minimum absolute atomic E-state index is 0.0936. The van der Waals surface area contributed by atoms with Crippen molar-refractivity contribution in [2.45, 2.75) is 32.2 Å². The first-order chi connectivity index (χ1) is 7.70. The van der Waals surface area contributed by atoms with Gasteiger partial charge in [0.2, 0.25) is 0 Å². The van der Waals surface area contributed by atoms with Crippen LogP contribution in [0.1, 0.15) is 37.2 Å². The Hall–Kier alpha value is -0.450. The predicted molar refractivity (Wildman–Crippen MR) is 73.8 cm³/mol. The molecule has 16 heavy (non-hydrogen) atoms. The van der Waals surface area contributed by atoms with Crippen LogP contribution in [0.15, 0.2) is 22.7 Å². The number of benzene rings is 1. The quantitative estimate of drug-likeness (QED) is 0.916. The molecule has 0 amide bonds. The van der Waals surface area contributed by atoms with Crippen molar-refractivity contribution in [1.82, 2.24) is 4.98 Å². The number of nitrogens with zero attached hydrogens (tertiary/aromatic N) is 1. The number of aromatic nitrogens is 1. The first-order valence-corrected chi connectivity index (χ1v) is 7.13. The smallest absolute Gasteiger partial charge is 0.111 e. The van der Waals surface area contributed by atoms with E-state index in [0.717, 1.165) is 21.4 Å². The molecule has 1 atom stereocenters. The number of hydrogen-bond donors (Lipinski definition) is 1. The molecule has 0 fully saturated rings. The second-order valence-corrected chi connectivity index (χ2v) is 5.89. The maximum Gasteiger partial charge on any atom is 0.111 e. The fourth-order valence-corrected chi connectivity index (χ4v) is 3.18. The molecule has 0 saturated carbocycles. The summed E-state index contributed by atoms with van der Waals surface area (Å²) in [6, 6.07) is 6.24. The van der Waals surface area contributed by atoms with E-state index in [1.807, 2.05) is 12.1 Å². The molecule has 2 nitrogen and oxygen atoms in total. The molecule has 0 saturated heterocycles. The Bertz CT molecular complexity index is 481. The summed E-state index contributed by atoms with van der Waals surface area (Å²) in [5.74, 6) is 0. The van der Waals surface area contributed by atoms with E-state index in [1.54, 1.807) is 11.3 Å². The average Bonchev–Trinajstić information content (AvgIpc) is 2.68. The van der Waals surface area contributed by atoms with Crippen molar-refractivity contribution < 1.29 is 0 Å². The fraction of sp³-hybridized carbons (Fsp3) is 0.417. The van der Waals surface area contributed by atoms with E-state index in [0.29, 0.717) is 0 Å². The van der Waals surface area contributed by atoms with E-state index in [9.17, 15) is 0 Å². The van der Waals surface area contributed by atoms with Gasteiger partial charge in [0.1, 0.15) is 5.01 Å². The Morgan fingerprint density at radius 3 is 3.06 bits per heavy atom. The molecule has 0 bridgehead atoms. The molecule has 0 spiro atoms. The molecule has 2 rings (SSSR count). The molecular weight excluding hydrogens is 284 g/mol. The zero-order chi connectivity index (χ0) is 11.5. The van der Waals surface area contributed by atoms with Gasteiger partial charge in [-0.25, -0.2) is 4.98 Å². The highest BCUT2D eigenvalue weighted by Gasteiger charge is 2.11. The van der Waals surface area contributed by atoms with Gasteiger partial charge in [0.15, 0.2) is 0 Å². The summed E-state index contributed by atoms with van der Waals surface area (Å²) >= 11 is 5.17. The third kappa shape index (κ3) is 2.62. The number of rotatable bonds is 4. The van der Waals surface area contributed by atoms with Crippen LogP contribution in [-0.4, -0.2) is 4.98 Å². The molecule has 2 aromatic rings. The van der Waals surface area contributed by atoms with E-state index < -0.39 is 0 Å². The van der Waals surface area contributed by atoms with Gasteiger partial charge in [-0.05, 0) is 24.6 Å². The number of halogens is 1. The maximum atomic E-state index is 6.12. The lowest BCUT2D eigenvalue weighted by atomic mass is 10.1. The molecule has 0 aliphatic carbocycles. The third-order valence-electron chi connectivity index (χ3n) is 2.55. The highest BCUT2D eigenvalue weighted by molar-refractivity contribution is 9.10. The molecule has 1 aromatic heterocycles. The third-order valence-corrected chi connectivity index (χ3v) is 4.20. The molecule has 0 aliphatic rings.